The maximum absolute atomic E-state index is 12.5. The molecular weight excluding hydrogens is 446 g/mol. The second-order valence-electron chi connectivity index (χ2n) is 8.15. The number of carboxylic acid groups (broad SMARTS) is 1. The number of ether oxygens (including phenoxy) is 2. The molecule has 0 bridgehead atoms. The monoisotopic (exact) mass is 471 g/mol. The first-order valence-corrected chi connectivity index (χ1v) is 11.2. The van der Waals surface area contributed by atoms with Gasteiger partial charge in [-0.3, -0.25) is 0 Å². The Hall–Kier alpha value is -4.39. The molecule has 0 spiro atoms. The first-order chi connectivity index (χ1) is 17.0. The van der Waals surface area contributed by atoms with Gasteiger partial charge in [0.05, 0.1) is 5.56 Å². The number of hydrogen-bond acceptors (Lipinski definition) is 5. The van der Waals surface area contributed by atoms with Gasteiger partial charge in [-0.25, -0.2) is 14.4 Å². The molecular formula is C28H25NO6. The van der Waals surface area contributed by atoms with Gasteiger partial charge in [-0.15, -0.1) is 0 Å². The first kappa shape index (κ1) is 23.8. The van der Waals surface area contributed by atoms with Crippen molar-refractivity contribution >= 4 is 18.0 Å². The lowest BCUT2D eigenvalue weighted by Crippen LogP contribution is -2.42. The van der Waals surface area contributed by atoms with E-state index in [-0.39, 0.29) is 25.6 Å². The summed E-state index contributed by atoms with van der Waals surface area (Å²) in [5.41, 5.74) is 5.34. The van der Waals surface area contributed by atoms with E-state index in [4.69, 9.17) is 9.47 Å². The van der Waals surface area contributed by atoms with Crippen molar-refractivity contribution < 1.29 is 29.0 Å². The lowest BCUT2D eigenvalue weighted by molar-refractivity contribution is -0.139. The van der Waals surface area contributed by atoms with E-state index in [0.717, 1.165) is 22.3 Å². The summed E-state index contributed by atoms with van der Waals surface area (Å²) in [4.78, 5) is 36.2. The number of amides is 1. The van der Waals surface area contributed by atoms with Gasteiger partial charge in [0, 0.05) is 12.3 Å². The molecule has 1 amide bonds. The zero-order valence-electron chi connectivity index (χ0n) is 19.0. The van der Waals surface area contributed by atoms with Gasteiger partial charge in [-0.1, -0.05) is 73.3 Å². The van der Waals surface area contributed by atoms with E-state index < -0.39 is 24.1 Å². The highest BCUT2D eigenvalue weighted by molar-refractivity contribution is 5.89. The molecule has 7 heteroatoms. The molecule has 1 aliphatic rings. The Morgan fingerprint density at radius 1 is 0.914 bits per heavy atom. The molecule has 0 saturated carbocycles. The van der Waals surface area contributed by atoms with Crippen molar-refractivity contribution in [2.75, 3.05) is 13.2 Å². The highest BCUT2D eigenvalue weighted by Gasteiger charge is 2.29. The van der Waals surface area contributed by atoms with Crippen molar-refractivity contribution in [3.8, 4) is 11.1 Å². The molecule has 178 valence electrons. The SMILES string of the molecule is C=CCOC(=O)c1ccc(CC(NC(=O)OCC2c3ccccc3-c3ccccc32)C(=O)O)cc1. The second-order valence-corrected chi connectivity index (χ2v) is 8.15. The molecule has 1 atom stereocenters. The van der Waals surface area contributed by atoms with Crippen molar-refractivity contribution in [2.24, 2.45) is 0 Å². The zero-order valence-corrected chi connectivity index (χ0v) is 19.0. The number of carboxylic acids is 1. The van der Waals surface area contributed by atoms with Crippen molar-refractivity contribution in [3.05, 3.63) is 108 Å². The smallest absolute Gasteiger partial charge is 0.407 e. The minimum Gasteiger partial charge on any atom is -0.480 e. The van der Waals surface area contributed by atoms with Crippen LogP contribution in [-0.4, -0.2) is 42.4 Å². The first-order valence-electron chi connectivity index (χ1n) is 11.2. The molecule has 0 aliphatic heterocycles. The summed E-state index contributed by atoms with van der Waals surface area (Å²) in [7, 11) is 0. The molecule has 0 fully saturated rings. The Labute approximate surface area is 203 Å². The number of hydrogen-bond donors (Lipinski definition) is 2. The normalized spacial score (nSPS) is 12.7. The Bertz CT molecular complexity index is 1200. The van der Waals surface area contributed by atoms with E-state index in [9.17, 15) is 19.5 Å². The summed E-state index contributed by atoms with van der Waals surface area (Å²) >= 11 is 0. The Balaban J connectivity index is 1.37. The van der Waals surface area contributed by atoms with Gasteiger partial charge in [0.2, 0.25) is 0 Å². The van der Waals surface area contributed by atoms with Crippen molar-refractivity contribution in [1.29, 1.82) is 0 Å². The number of fused-ring (bicyclic) bond motifs is 3. The Morgan fingerprint density at radius 2 is 1.51 bits per heavy atom. The van der Waals surface area contributed by atoms with E-state index in [1.165, 1.54) is 6.08 Å². The third kappa shape index (κ3) is 5.41. The van der Waals surface area contributed by atoms with Crippen LogP contribution in [0.4, 0.5) is 4.79 Å². The summed E-state index contributed by atoms with van der Waals surface area (Å²) in [5, 5.41) is 12.0. The fourth-order valence-corrected chi connectivity index (χ4v) is 4.21. The second kappa shape index (κ2) is 10.7. The number of esters is 1. The molecule has 0 heterocycles. The summed E-state index contributed by atoms with van der Waals surface area (Å²) in [5.74, 6) is -1.80. The van der Waals surface area contributed by atoms with Crippen molar-refractivity contribution in [3.63, 3.8) is 0 Å². The van der Waals surface area contributed by atoms with Gasteiger partial charge in [0.1, 0.15) is 19.3 Å². The molecule has 3 aromatic rings. The topological polar surface area (TPSA) is 102 Å². The molecule has 2 N–H and O–H groups in total. The van der Waals surface area contributed by atoms with Crippen LogP contribution in [0.5, 0.6) is 0 Å². The standard InChI is InChI=1S/C28H25NO6/c1-2-15-34-27(32)19-13-11-18(12-14-19)16-25(26(30)31)29-28(33)35-17-24-22-9-5-3-7-20(22)21-8-4-6-10-23(21)24/h2-14,24-25H,1,15-17H2,(H,29,33)(H,30,31). The maximum atomic E-state index is 12.5. The number of carbonyl (C=O) groups is 3. The minimum atomic E-state index is -1.19. The van der Waals surface area contributed by atoms with Crippen LogP contribution in [0.2, 0.25) is 0 Å². The van der Waals surface area contributed by atoms with Crippen LogP contribution in [0.3, 0.4) is 0 Å². The highest BCUT2D eigenvalue weighted by atomic mass is 16.5. The van der Waals surface area contributed by atoms with Crippen molar-refractivity contribution in [1.82, 2.24) is 5.32 Å². The van der Waals surface area contributed by atoms with Gasteiger partial charge in [-0.05, 0) is 39.9 Å². The van der Waals surface area contributed by atoms with E-state index in [1.807, 2.05) is 48.5 Å². The fraction of sp³-hybridized carbons (Fsp3) is 0.179. The largest absolute Gasteiger partial charge is 0.480 e. The average molecular weight is 472 g/mol. The number of benzene rings is 3. The molecule has 4 rings (SSSR count). The van der Waals surface area contributed by atoms with Crippen LogP contribution >= 0.6 is 0 Å². The minimum absolute atomic E-state index is 0.0293. The lowest BCUT2D eigenvalue weighted by Gasteiger charge is -2.17. The van der Waals surface area contributed by atoms with Gasteiger partial charge in [0.15, 0.2) is 0 Å². The summed E-state index contributed by atoms with van der Waals surface area (Å²) in [6, 6.07) is 21.1. The molecule has 1 aliphatic carbocycles. The summed E-state index contributed by atoms with van der Waals surface area (Å²) in [6.07, 6.45) is 0.698. The van der Waals surface area contributed by atoms with Crippen LogP contribution in [0, 0.1) is 0 Å². The Kier molecular flexibility index (Phi) is 7.26. The fourth-order valence-electron chi connectivity index (χ4n) is 4.21. The number of aliphatic carboxylic acids is 1. The Morgan fingerprint density at radius 3 is 2.09 bits per heavy atom. The maximum Gasteiger partial charge on any atom is 0.407 e. The number of rotatable bonds is 9. The van der Waals surface area contributed by atoms with Crippen LogP contribution in [0.1, 0.15) is 33.0 Å². The molecule has 35 heavy (non-hydrogen) atoms. The lowest BCUT2D eigenvalue weighted by atomic mass is 9.98. The predicted molar refractivity (Wildman–Crippen MR) is 130 cm³/mol. The molecule has 0 saturated heterocycles. The van der Waals surface area contributed by atoms with Crippen LogP contribution in [-0.2, 0) is 20.7 Å². The van der Waals surface area contributed by atoms with Crippen molar-refractivity contribution in [2.45, 2.75) is 18.4 Å². The summed E-state index contributed by atoms with van der Waals surface area (Å²) < 4.78 is 10.4. The number of nitrogens with one attached hydrogen (secondary N) is 1. The van der Waals surface area contributed by atoms with Gasteiger partial charge in [-0.2, -0.15) is 0 Å². The van der Waals surface area contributed by atoms with E-state index in [0.29, 0.717) is 11.1 Å². The third-order valence-corrected chi connectivity index (χ3v) is 5.90. The zero-order chi connectivity index (χ0) is 24.8. The van der Waals surface area contributed by atoms with Crippen LogP contribution in [0.15, 0.2) is 85.5 Å². The van der Waals surface area contributed by atoms with E-state index in [1.54, 1.807) is 24.3 Å². The highest BCUT2D eigenvalue weighted by Crippen LogP contribution is 2.44. The average Bonchev–Trinajstić information content (AvgIpc) is 3.19. The predicted octanol–water partition coefficient (Wildman–Crippen LogP) is 4.56. The van der Waals surface area contributed by atoms with Gasteiger partial charge < -0.3 is 19.9 Å². The molecule has 3 aromatic carbocycles. The summed E-state index contributed by atoms with van der Waals surface area (Å²) in [6.45, 7) is 3.69. The molecule has 0 aromatic heterocycles. The third-order valence-electron chi connectivity index (χ3n) is 5.90. The van der Waals surface area contributed by atoms with E-state index >= 15 is 0 Å². The number of carbonyl (C=O) groups excluding carboxylic acids is 2. The molecule has 0 radical (unpaired) electrons. The van der Waals surface area contributed by atoms with Gasteiger partial charge >= 0.3 is 18.0 Å². The molecule has 1 unspecified atom stereocenters. The van der Waals surface area contributed by atoms with Gasteiger partial charge in [0.25, 0.3) is 0 Å². The van der Waals surface area contributed by atoms with Crippen LogP contribution in [0.25, 0.3) is 11.1 Å². The van der Waals surface area contributed by atoms with Crippen LogP contribution < -0.4 is 5.32 Å². The van der Waals surface area contributed by atoms with E-state index in [2.05, 4.69) is 11.9 Å². The quantitative estimate of drug-likeness (QED) is 0.350. The number of alkyl carbamates (subject to hydrolysis) is 1. The molecule has 7 nitrogen and oxygen atoms in total.